The summed E-state index contributed by atoms with van der Waals surface area (Å²) in [6, 6.07) is 16.2. The summed E-state index contributed by atoms with van der Waals surface area (Å²) in [7, 11) is 0. The van der Waals surface area contributed by atoms with E-state index in [4.69, 9.17) is 4.74 Å². The fourth-order valence-electron chi connectivity index (χ4n) is 1.87. The van der Waals surface area contributed by atoms with Crippen LogP contribution < -0.4 is 5.32 Å². The van der Waals surface area contributed by atoms with Crippen LogP contribution in [0.3, 0.4) is 0 Å². The number of nitrogens with one attached hydrogen (secondary N) is 1. The second kappa shape index (κ2) is 7.78. The summed E-state index contributed by atoms with van der Waals surface area (Å²) in [5.41, 5.74) is 2.06. The summed E-state index contributed by atoms with van der Waals surface area (Å²) in [5, 5.41) is 2.82. The summed E-state index contributed by atoms with van der Waals surface area (Å²) < 4.78 is 4.82. The summed E-state index contributed by atoms with van der Waals surface area (Å²) >= 11 is 0. The predicted octanol–water partition coefficient (Wildman–Crippen LogP) is 3.52. The van der Waals surface area contributed by atoms with Crippen molar-refractivity contribution in [2.75, 3.05) is 11.9 Å². The molecule has 2 aromatic rings. The van der Waals surface area contributed by atoms with Gasteiger partial charge in [-0.25, -0.2) is 4.79 Å². The lowest BCUT2D eigenvalue weighted by Gasteiger charge is -2.06. The highest BCUT2D eigenvalue weighted by atomic mass is 16.5. The Balaban J connectivity index is 2.05. The van der Waals surface area contributed by atoms with Gasteiger partial charge in [-0.05, 0) is 42.8 Å². The fraction of sp³-hybridized carbons (Fsp3) is 0.111. The number of carbonyl (C=O) groups is 2. The molecule has 0 fully saturated rings. The van der Waals surface area contributed by atoms with Crippen LogP contribution in [0.5, 0.6) is 0 Å². The van der Waals surface area contributed by atoms with Crippen LogP contribution in [-0.4, -0.2) is 18.5 Å². The molecule has 1 N–H and O–H groups in total. The van der Waals surface area contributed by atoms with Crippen LogP contribution in [0.1, 0.15) is 22.8 Å². The third-order valence-electron chi connectivity index (χ3n) is 2.88. The zero-order valence-corrected chi connectivity index (χ0v) is 12.3. The van der Waals surface area contributed by atoms with Gasteiger partial charge in [-0.15, -0.1) is 0 Å². The lowest BCUT2D eigenvalue weighted by atomic mass is 10.1. The zero-order valence-electron chi connectivity index (χ0n) is 12.3. The molecule has 2 rings (SSSR count). The predicted molar refractivity (Wildman–Crippen MR) is 86.5 cm³/mol. The van der Waals surface area contributed by atoms with Crippen molar-refractivity contribution in [1.29, 1.82) is 0 Å². The highest BCUT2D eigenvalue weighted by Crippen LogP contribution is 2.13. The molecule has 0 aliphatic rings. The van der Waals surface area contributed by atoms with E-state index in [0.717, 1.165) is 5.56 Å². The van der Waals surface area contributed by atoms with Crippen LogP contribution in [-0.2, 0) is 9.53 Å². The average molecular weight is 295 g/mol. The number of ether oxygens (including phenoxy) is 1. The molecule has 2 aromatic carbocycles. The Hall–Kier alpha value is -2.88. The molecule has 0 aliphatic carbocycles. The number of hydrogen-bond donors (Lipinski definition) is 1. The number of esters is 1. The van der Waals surface area contributed by atoms with E-state index >= 15 is 0 Å². The quantitative estimate of drug-likeness (QED) is 0.678. The van der Waals surface area contributed by atoms with Crippen LogP contribution >= 0.6 is 0 Å². The van der Waals surface area contributed by atoms with Gasteiger partial charge in [0.15, 0.2) is 0 Å². The molecular weight excluding hydrogens is 278 g/mol. The Labute approximate surface area is 129 Å². The Morgan fingerprint density at radius 2 is 1.86 bits per heavy atom. The molecule has 0 saturated carbocycles. The van der Waals surface area contributed by atoms with Gasteiger partial charge >= 0.3 is 5.97 Å². The minimum atomic E-state index is -0.388. The maximum atomic E-state index is 12.1. The van der Waals surface area contributed by atoms with E-state index in [9.17, 15) is 9.59 Å². The molecule has 0 heterocycles. The summed E-state index contributed by atoms with van der Waals surface area (Å²) in [5.74, 6) is -0.562. The number of anilines is 1. The van der Waals surface area contributed by atoms with Crippen molar-refractivity contribution < 1.29 is 14.3 Å². The van der Waals surface area contributed by atoms with E-state index < -0.39 is 0 Å². The number of hydrogen-bond acceptors (Lipinski definition) is 3. The molecule has 0 bridgehead atoms. The molecule has 4 nitrogen and oxygen atoms in total. The molecule has 0 aliphatic heterocycles. The summed E-state index contributed by atoms with van der Waals surface area (Å²) in [4.78, 5) is 23.4. The SMILES string of the molecule is CCOC(=O)C=Cc1cccc(NC(=O)c2ccccc2)c1. The second-order valence-electron chi connectivity index (χ2n) is 4.53. The molecule has 112 valence electrons. The molecule has 0 saturated heterocycles. The third kappa shape index (κ3) is 4.59. The smallest absolute Gasteiger partial charge is 0.330 e. The van der Waals surface area contributed by atoms with Gasteiger partial charge < -0.3 is 10.1 Å². The first-order chi connectivity index (χ1) is 10.7. The Bertz CT molecular complexity index is 678. The number of amides is 1. The largest absolute Gasteiger partial charge is 0.463 e. The van der Waals surface area contributed by atoms with Crippen LogP contribution in [0.4, 0.5) is 5.69 Å². The van der Waals surface area contributed by atoms with Gasteiger partial charge in [-0.3, -0.25) is 4.79 Å². The number of rotatable bonds is 5. The second-order valence-corrected chi connectivity index (χ2v) is 4.53. The van der Waals surface area contributed by atoms with E-state index in [-0.39, 0.29) is 11.9 Å². The molecule has 1 amide bonds. The average Bonchev–Trinajstić information content (AvgIpc) is 2.54. The maximum Gasteiger partial charge on any atom is 0.330 e. The highest BCUT2D eigenvalue weighted by Gasteiger charge is 2.05. The Morgan fingerprint density at radius 1 is 1.09 bits per heavy atom. The third-order valence-corrected chi connectivity index (χ3v) is 2.88. The molecule has 22 heavy (non-hydrogen) atoms. The van der Waals surface area contributed by atoms with Gasteiger partial charge in [0.1, 0.15) is 0 Å². The summed E-state index contributed by atoms with van der Waals surface area (Å²) in [6.45, 7) is 2.10. The fourth-order valence-corrected chi connectivity index (χ4v) is 1.87. The zero-order chi connectivity index (χ0) is 15.8. The minimum absolute atomic E-state index is 0.174. The molecule has 0 atom stereocenters. The van der Waals surface area contributed by atoms with E-state index in [1.54, 1.807) is 37.3 Å². The standard InChI is InChI=1S/C18H17NO3/c1-2-22-17(20)12-11-14-7-6-10-16(13-14)19-18(21)15-8-4-3-5-9-15/h3-13H,2H2,1H3,(H,19,21). The van der Waals surface area contributed by atoms with Gasteiger partial charge in [0.05, 0.1) is 6.61 Å². The van der Waals surface area contributed by atoms with Gasteiger partial charge in [0.2, 0.25) is 0 Å². The number of carbonyl (C=O) groups excluding carboxylic acids is 2. The molecule has 4 heteroatoms. The molecule has 0 radical (unpaired) electrons. The lowest BCUT2D eigenvalue weighted by molar-refractivity contribution is -0.137. The van der Waals surface area contributed by atoms with Crippen molar-refractivity contribution in [1.82, 2.24) is 0 Å². The monoisotopic (exact) mass is 295 g/mol. The topological polar surface area (TPSA) is 55.4 Å². The van der Waals surface area contributed by atoms with Crippen molar-refractivity contribution in [3.05, 3.63) is 71.8 Å². The van der Waals surface area contributed by atoms with Crippen molar-refractivity contribution in [3.63, 3.8) is 0 Å². The van der Waals surface area contributed by atoms with Gasteiger partial charge in [-0.2, -0.15) is 0 Å². The first-order valence-electron chi connectivity index (χ1n) is 7.00. The Kier molecular flexibility index (Phi) is 5.49. The highest BCUT2D eigenvalue weighted by molar-refractivity contribution is 6.04. The van der Waals surface area contributed by atoms with Gasteiger partial charge in [0, 0.05) is 17.3 Å². The van der Waals surface area contributed by atoms with Crippen molar-refractivity contribution in [3.8, 4) is 0 Å². The van der Waals surface area contributed by atoms with Crippen LogP contribution in [0.25, 0.3) is 6.08 Å². The van der Waals surface area contributed by atoms with E-state index in [1.165, 1.54) is 6.08 Å². The van der Waals surface area contributed by atoms with E-state index in [2.05, 4.69) is 5.32 Å². The molecule has 0 unspecified atom stereocenters. The maximum absolute atomic E-state index is 12.1. The van der Waals surface area contributed by atoms with Crippen molar-refractivity contribution >= 4 is 23.6 Å². The number of benzene rings is 2. The minimum Gasteiger partial charge on any atom is -0.463 e. The van der Waals surface area contributed by atoms with Crippen molar-refractivity contribution in [2.24, 2.45) is 0 Å². The van der Waals surface area contributed by atoms with Crippen LogP contribution in [0.15, 0.2) is 60.7 Å². The van der Waals surface area contributed by atoms with Gasteiger partial charge in [0.25, 0.3) is 5.91 Å². The molecule has 0 spiro atoms. The van der Waals surface area contributed by atoms with Crippen molar-refractivity contribution in [2.45, 2.75) is 6.92 Å². The van der Waals surface area contributed by atoms with Crippen LogP contribution in [0.2, 0.25) is 0 Å². The Morgan fingerprint density at radius 3 is 2.59 bits per heavy atom. The van der Waals surface area contributed by atoms with Crippen LogP contribution in [0, 0.1) is 0 Å². The van der Waals surface area contributed by atoms with Gasteiger partial charge in [-0.1, -0.05) is 30.3 Å². The summed E-state index contributed by atoms with van der Waals surface area (Å²) in [6.07, 6.45) is 3.01. The molecular formula is C18H17NO3. The first-order valence-corrected chi connectivity index (χ1v) is 7.00. The first kappa shape index (κ1) is 15.5. The van der Waals surface area contributed by atoms with E-state index in [1.807, 2.05) is 30.3 Å². The normalized spacial score (nSPS) is 10.4. The van der Waals surface area contributed by atoms with E-state index in [0.29, 0.717) is 17.9 Å². The molecule has 0 aromatic heterocycles. The lowest BCUT2D eigenvalue weighted by Crippen LogP contribution is -2.11.